The van der Waals surface area contributed by atoms with Gasteiger partial charge in [-0.25, -0.2) is 4.98 Å². The van der Waals surface area contributed by atoms with Gasteiger partial charge in [-0.1, -0.05) is 19.9 Å². The zero-order valence-corrected chi connectivity index (χ0v) is 21.2. The molecule has 4 heterocycles. The van der Waals surface area contributed by atoms with Crippen molar-refractivity contribution < 1.29 is 4.74 Å². The van der Waals surface area contributed by atoms with E-state index >= 15 is 0 Å². The van der Waals surface area contributed by atoms with Crippen molar-refractivity contribution in [3.63, 3.8) is 0 Å². The smallest absolute Gasteiger partial charge is 0.137 e. The Balaban J connectivity index is 0.00000124. The number of methoxy groups -OCH3 is 1. The van der Waals surface area contributed by atoms with E-state index in [-0.39, 0.29) is 0 Å². The molecule has 0 radical (unpaired) electrons. The third kappa shape index (κ3) is 4.72. The Morgan fingerprint density at radius 1 is 0.914 bits per heavy atom. The summed E-state index contributed by atoms with van der Waals surface area (Å²) >= 11 is 0. The van der Waals surface area contributed by atoms with E-state index in [0.29, 0.717) is 12.0 Å². The maximum Gasteiger partial charge on any atom is 0.137 e. The van der Waals surface area contributed by atoms with Crippen LogP contribution in [0.1, 0.15) is 51.0 Å². The van der Waals surface area contributed by atoms with Crippen LogP contribution in [0.4, 0.5) is 5.69 Å². The summed E-state index contributed by atoms with van der Waals surface area (Å²) in [5.41, 5.74) is 4.74. The van der Waals surface area contributed by atoms with Crippen molar-refractivity contribution in [2.45, 2.75) is 51.5 Å². The number of fused-ring (bicyclic) bond motifs is 2. The molecule has 6 nitrogen and oxygen atoms in total. The number of aromatic amines is 1. The van der Waals surface area contributed by atoms with Crippen LogP contribution < -0.4 is 9.64 Å². The van der Waals surface area contributed by atoms with E-state index in [1.54, 1.807) is 7.11 Å². The molecule has 6 heteroatoms. The first-order valence-electron chi connectivity index (χ1n) is 13.1. The van der Waals surface area contributed by atoms with Gasteiger partial charge in [-0.2, -0.15) is 0 Å². The van der Waals surface area contributed by atoms with Crippen LogP contribution in [0.2, 0.25) is 0 Å². The van der Waals surface area contributed by atoms with Crippen LogP contribution in [0.25, 0.3) is 21.9 Å². The molecule has 1 aromatic carbocycles. The average molecular weight is 472 g/mol. The lowest BCUT2D eigenvalue weighted by Crippen LogP contribution is -2.51. The molecule has 0 spiro atoms. The number of anilines is 1. The lowest BCUT2D eigenvalue weighted by atomic mass is 9.81. The topological polar surface area (TPSA) is 57.3 Å². The summed E-state index contributed by atoms with van der Waals surface area (Å²) in [7, 11) is 1.74. The van der Waals surface area contributed by atoms with Gasteiger partial charge in [-0.05, 0) is 61.4 Å². The monoisotopic (exact) mass is 471 g/mol. The van der Waals surface area contributed by atoms with Gasteiger partial charge in [-0.3, -0.25) is 9.88 Å². The summed E-state index contributed by atoms with van der Waals surface area (Å²) in [6.45, 7) is 8.29. The summed E-state index contributed by atoms with van der Waals surface area (Å²) in [6.07, 6.45) is 11.0. The third-order valence-corrected chi connectivity index (χ3v) is 7.68. The molecule has 0 amide bonds. The van der Waals surface area contributed by atoms with Crippen molar-refractivity contribution in [1.29, 1.82) is 0 Å². The van der Waals surface area contributed by atoms with Crippen molar-refractivity contribution in [3.05, 3.63) is 60.6 Å². The van der Waals surface area contributed by atoms with Crippen LogP contribution in [-0.2, 0) is 0 Å². The van der Waals surface area contributed by atoms with Crippen molar-refractivity contribution in [1.82, 2.24) is 19.9 Å². The summed E-state index contributed by atoms with van der Waals surface area (Å²) in [5.74, 6) is 1.55. The van der Waals surface area contributed by atoms with E-state index in [4.69, 9.17) is 4.74 Å². The van der Waals surface area contributed by atoms with Gasteiger partial charge in [-0.15, -0.1) is 0 Å². The lowest BCUT2D eigenvalue weighted by Gasteiger charge is -2.42. The van der Waals surface area contributed by atoms with Gasteiger partial charge in [0.25, 0.3) is 0 Å². The predicted molar refractivity (Wildman–Crippen MR) is 145 cm³/mol. The highest BCUT2D eigenvalue weighted by Crippen LogP contribution is 2.38. The molecule has 1 saturated carbocycles. The molecule has 6 rings (SSSR count). The second kappa shape index (κ2) is 10.6. The fraction of sp³-hybridized carbons (Fsp3) is 0.448. The summed E-state index contributed by atoms with van der Waals surface area (Å²) in [4.78, 5) is 17.7. The van der Waals surface area contributed by atoms with Crippen molar-refractivity contribution in [2.75, 3.05) is 38.2 Å². The molecule has 1 saturated heterocycles. The highest BCUT2D eigenvalue weighted by Gasteiger charge is 2.30. The molecular formula is C29H37N5O. The molecule has 2 fully saturated rings. The van der Waals surface area contributed by atoms with E-state index in [2.05, 4.69) is 55.2 Å². The van der Waals surface area contributed by atoms with Gasteiger partial charge in [0.2, 0.25) is 0 Å². The van der Waals surface area contributed by atoms with Gasteiger partial charge in [0.05, 0.1) is 18.3 Å². The summed E-state index contributed by atoms with van der Waals surface area (Å²) in [5, 5.41) is 2.44. The summed E-state index contributed by atoms with van der Waals surface area (Å²) < 4.78 is 5.57. The molecule has 1 aliphatic heterocycles. The third-order valence-electron chi connectivity index (χ3n) is 7.68. The Hall–Kier alpha value is -3.12. The van der Waals surface area contributed by atoms with Crippen LogP contribution in [0.3, 0.4) is 0 Å². The molecule has 0 unspecified atom stereocenters. The largest absolute Gasteiger partial charge is 0.497 e. The molecule has 3 aromatic heterocycles. The highest BCUT2D eigenvalue weighted by atomic mass is 16.5. The minimum absolute atomic E-state index is 0.648. The van der Waals surface area contributed by atoms with Crippen LogP contribution in [0.5, 0.6) is 5.75 Å². The predicted octanol–water partition coefficient (Wildman–Crippen LogP) is 5.99. The number of nitrogens with one attached hydrogen (secondary N) is 1. The first-order chi connectivity index (χ1) is 17.3. The van der Waals surface area contributed by atoms with Crippen LogP contribution in [0, 0.1) is 0 Å². The number of hydrogen-bond donors (Lipinski definition) is 1. The standard InChI is InChI=1S/C27H31N5O.C2H6/c1-33-22-16-20-4-2-10-28-26(20)25(17-22)32-14-12-31(13-15-32)21-8-6-19(7-9-21)24-18-30-27-23(24)5-3-11-29-27;1-2/h2-5,10-11,16-19,21H,6-9,12-15H2,1H3,(H,29,30);1-2H3. The zero-order chi connectivity index (χ0) is 24.2. The van der Waals surface area contributed by atoms with E-state index < -0.39 is 0 Å². The molecule has 2 aliphatic rings. The first kappa shape index (κ1) is 23.6. The van der Waals surface area contributed by atoms with Crippen LogP contribution >= 0.6 is 0 Å². The lowest BCUT2D eigenvalue weighted by molar-refractivity contribution is 0.141. The van der Waals surface area contributed by atoms with Gasteiger partial charge in [0.15, 0.2) is 0 Å². The minimum Gasteiger partial charge on any atom is -0.497 e. The van der Waals surface area contributed by atoms with Crippen LogP contribution in [0.15, 0.2) is 55.0 Å². The number of aromatic nitrogens is 3. The van der Waals surface area contributed by atoms with Gasteiger partial charge in [0.1, 0.15) is 11.4 Å². The number of hydrogen-bond acceptors (Lipinski definition) is 5. The maximum atomic E-state index is 5.57. The Labute approximate surface area is 208 Å². The number of rotatable bonds is 4. The molecule has 0 bridgehead atoms. The van der Waals surface area contributed by atoms with Gasteiger partial charge < -0.3 is 14.6 Å². The van der Waals surface area contributed by atoms with E-state index in [1.807, 2.05) is 38.4 Å². The Kier molecular flexibility index (Phi) is 7.19. The van der Waals surface area contributed by atoms with Gasteiger partial charge in [0, 0.05) is 67.7 Å². The van der Waals surface area contributed by atoms with Crippen molar-refractivity contribution >= 4 is 27.6 Å². The second-order valence-electron chi connectivity index (χ2n) is 9.39. The number of nitrogens with zero attached hydrogens (tertiary/aromatic N) is 4. The Morgan fingerprint density at radius 3 is 2.43 bits per heavy atom. The number of ether oxygens (including phenoxy) is 1. The van der Waals surface area contributed by atoms with Crippen LogP contribution in [-0.4, -0.2) is 59.2 Å². The van der Waals surface area contributed by atoms with E-state index in [0.717, 1.165) is 48.5 Å². The number of piperazine rings is 1. The number of pyridine rings is 2. The average Bonchev–Trinajstić information content (AvgIpc) is 3.38. The molecular weight excluding hydrogens is 434 g/mol. The quantitative estimate of drug-likeness (QED) is 0.396. The molecule has 1 N–H and O–H groups in total. The first-order valence-corrected chi connectivity index (χ1v) is 13.1. The maximum absolute atomic E-state index is 5.57. The second-order valence-corrected chi connectivity index (χ2v) is 9.39. The molecule has 0 atom stereocenters. The summed E-state index contributed by atoms with van der Waals surface area (Å²) in [6, 6.07) is 13.3. The number of H-pyrrole nitrogens is 1. The Morgan fingerprint density at radius 2 is 1.66 bits per heavy atom. The normalized spacial score (nSPS) is 21.1. The van der Waals surface area contributed by atoms with Crippen molar-refractivity contribution in [3.8, 4) is 5.75 Å². The Bertz CT molecular complexity index is 1250. The van der Waals surface area contributed by atoms with Gasteiger partial charge >= 0.3 is 0 Å². The van der Waals surface area contributed by atoms with E-state index in [1.165, 1.54) is 42.3 Å². The molecule has 4 aromatic rings. The fourth-order valence-corrected chi connectivity index (χ4v) is 5.90. The SMILES string of the molecule is CC.COc1cc(N2CCN(C3CCC(c4c[nH]c5ncccc45)CC3)CC2)c2ncccc2c1. The number of benzene rings is 1. The zero-order valence-electron chi connectivity index (χ0n) is 21.2. The van der Waals surface area contributed by atoms with Crippen molar-refractivity contribution in [2.24, 2.45) is 0 Å². The minimum atomic E-state index is 0.648. The molecule has 184 valence electrons. The van der Waals surface area contributed by atoms with E-state index in [9.17, 15) is 0 Å². The fourth-order valence-electron chi connectivity index (χ4n) is 5.90. The molecule has 1 aliphatic carbocycles. The molecule has 35 heavy (non-hydrogen) atoms. The highest BCUT2D eigenvalue weighted by molar-refractivity contribution is 5.92.